The zero-order valence-corrected chi connectivity index (χ0v) is 49.8. The number of para-hydroxylation sites is 7. The Bertz CT molecular complexity index is 4690. The van der Waals surface area contributed by atoms with Gasteiger partial charge in [-0.1, -0.05) is 224 Å². The molecule has 0 N–H and O–H groups in total. The van der Waals surface area contributed by atoms with Crippen LogP contribution in [0.3, 0.4) is 0 Å². The molecular formula is C86H64N4. The van der Waals surface area contributed by atoms with Crippen molar-refractivity contribution in [1.82, 2.24) is 0 Å². The molecule has 0 heterocycles. The second-order valence-corrected chi connectivity index (χ2v) is 22.8. The summed E-state index contributed by atoms with van der Waals surface area (Å²) < 4.78 is 0. The summed E-state index contributed by atoms with van der Waals surface area (Å²) in [6.07, 6.45) is 8.96. The molecule has 1 aliphatic rings. The van der Waals surface area contributed by atoms with E-state index in [0.717, 1.165) is 130 Å². The van der Waals surface area contributed by atoms with E-state index in [9.17, 15) is 0 Å². The van der Waals surface area contributed by atoms with Crippen LogP contribution in [0.2, 0.25) is 0 Å². The van der Waals surface area contributed by atoms with Crippen molar-refractivity contribution in [2.24, 2.45) is 0 Å². The molecule has 428 valence electrons. The van der Waals surface area contributed by atoms with Crippen molar-refractivity contribution in [1.29, 1.82) is 0 Å². The van der Waals surface area contributed by atoms with Crippen LogP contribution in [0.4, 0.5) is 62.6 Å². The molecular weight excluding hydrogens is 1090 g/mol. The summed E-state index contributed by atoms with van der Waals surface area (Å²) in [5, 5.41) is 4.64. The van der Waals surface area contributed by atoms with Gasteiger partial charge in [-0.05, 0) is 218 Å². The lowest BCUT2D eigenvalue weighted by Gasteiger charge is -2.28. The van der Waals surface area contributed by atoms with Crippen molar-refractivity contribution in [3.63, 3.8) is 0 Å². The first-order valence-electron chi connectivity index (χ1n) is 31.0. The Morgan fingerprint density at radius 1 is 0.189 bits per heavy atom. The molecule has 0 atom stereocenters. The molecule has 0 spiro atoms. The summed E-state index contributed by atoms with van der Waals surface area (Å²) in [6.45, 7) is 0. The van der Waals surface area contributed by atoms with Crippen LogP contribution in [0, 0.1) is 0 Å². The molecule has 0 amide bonds. The third-order valence-corrected chi connectivity index (χ3v) is 17.2. The lowest BCUT2D eigenvalue weighted by atomic mass is 9.84. The van der Waals surface area contributed by atoms with Gasteiger partial charge < -0.3 is 19.6 Å². The van der Waals surface area contributed by atoms with Gasteiger partial charge in [0.15, 0.2) is 0 Å². The van der Waals surface area contributed by atoms with Crippen molar-refractivity contribution in [2.45, 2.75) is 12.8 Å². The van der Waals surface area contributed by atoms with E-state index in [1.165, 1.54) is 16.8 Å². The average Bonchev–Trinajstić information content (AvgIpc) is 0.813. The van der Waals surface area contributed by atoms with Crippen LogP contribution in [0.25, 0.3) is 66.1 Å². The van der Waals surface area contributed by atoms with Crippen LogP contribution in [0.5, 0.6) is 0 Å². The highest BCUT2D eigenvalue weighted by Crippen LogP contribution is 2.49. The van der Waals surface area contributed by atoms with Gasteiger partial charge in [0.2, 0.25) is 0 Å². The molecule has 0 radical (unpaired) electrons. The van der Waals surface area contributed by atoms with E-state index >= 15 is 0 Å². The Hall–Kier alpha value is -11.7. The predicted octanol–water partition coefficient (Wildman–Crippen LogP) is 24.4. The maximum Gasteiger partial charge on any atom is 0.0468 e. The summed E-state index contributed by atoms with van der Waals surface area (Å²) in [4.78, 5) is 9.42. The fourth-order valence-corrected chi connectivity index (χ4v) is 13.0. The van der Waals surface area contributed by atoms with E-state index in [1.54, 1.807) is 0 Å². The molecule has 14 aromatic rings. The average molecular weight is 1150 g/mol. The van der Waals surface area contributed by atoms with Crippen LogP contribution in [-0.4, -0.2) is 0 Å². The van der Waals surface area contributed by atoms with Crippen LogP contribution in [0.15, 0.2) is 370 Å². The van der Waals surface area contributed by atoms with Gasteiger partial charge in [0.05, 0.1) is 0 Å². The van der Waals surface area contributed by atoms with E-state index in [0.29, 0.717) is 0 Å². The number of fused-ring (bicyclic) bond motifs is 2. The summed E-state index contributed by atoms with van der Waals surface area (Å²) in [6, 6.07) is 125. The van der Waals surface area contributed by atoms with Crippen molar-refractivity contribution < 1.29 is 0 Å². The summed E-state index contributed by atoms with van der Waals surface area (Å²) in [7, 11) is 0. The number of nitrogens with zero attached hydrogens (tertiary/aromatic N) is 4. The molecule has 0 fully saturated rings. The zero-order valence-electron chi connectivity index (χ0n) is 49.8. The van der Waals surface area contributed by atoms with Crippen LogP contribution < -0.4 is 19.6 Å². The molecule has 0 aliphatic heterocycles. The summed E-state index contributed by atoms with van der Waals surface area (Å²) in [5.74, 6) is 0. The van der Waals surface area contributed by atoms with Crippen LogP contribution in [0.1, 0.15) is 12.8 Å². The first-order valence-corrected chi connectivity index (χ1v) is 31.0. The van der Waals surface area contributed by atoms with Gasteiger partial charge in [-0.3, -0.25) is 0 Å². The summed E-state index contributed by atoms with van der Waals surface area (Å²) in [5.41, 5.74) is 22.5. The molecule has 90 heavy (non-hydrogen) atoms. The highest BCUT2D eigenvalue weighted by Gasteiger charge is 2.23. The lowest BCUT2D eigenvalue weighted by Crippen LogP contribution is -2.16. The Morgan fingerprint density at radius 3 is 0.733 bits per heavy atom. The quantitative estimate of drug-likeness (QED) is 0.0894. The Kier molecular flexibility index (Phi) is 15.2. The minimum Gasteiger partial charge on any atom is -0.311 e. The van der Waals surface area contributed by atoms with Gasteiger partial charge in [0.1, 0.15) is 0 Å². The zero-order chi connectivity index (χ0) is 60.0. The number of allylic oxidation sites excluding steroid dienone is 3. The van der Waals surface area contributed by atoms with E-state index in [2.05, 4.69) is 384 Å². The third-order valence-electron chi connectivity index (χ3n) is 17.2. The van der Waals surface area contributed by atoms with Gasteiger partial charge in [-0.15, -0.1) is 0 Å². The van der Waals surface area contributed by atoms with Gasteiger partial charge in [-0.25, -0.2) is 0 Å². The first kappa shape index (κ1) is 54.9. The minimum absolute atomic E-state index is 1.03. The molecule has 0 aromatic heterocycles. The monoisotopic (exact) mass is 1150 g/mol. The fraction of sp³-hybridized carbons (Fsp3) is 0.0233. The largest absolute Gasteiger partial charge is 0.311 e. The molecule has 4 heteroatoms. The van der Waals surface area contributed by atoms with Gasteiger partial charge in [0.25, 0.3) is 0 Å². The van der Waals surface area contributed by atoms with E-state index in [-0.39, 0.29) is 0 Å². The molecule has 14 aromatic carbocycles. The SMILES string of the molecule is C1=CC(N(c2ccccc2)c2ccc(-c3ccc(-c4c5ccc(N(c6ccccc6)c6ccccc6)cc5c(-c5ccc(-c6ccc(N(c7ccccc7)c7ccccc7)cc6)cc5)c5ccc(N(c6ccccc6)c6ccccc6)cc45)cc3)cc2)=CCC1. The number of benzene rings is 14. The standard InChI is InChI=1S/C86H64N4/c1-9-25-69(26-10-1)87(70-27-11-2-12-28-70)77-53-49-65(50-54-77)63-41-45-67(46-42-63)85-81-59-57-80(90(75-37-21-7-22-38-75)76-39-23-8-24-40-76)62-84(81)86(82-60-58-79(61-83(82)85)89(73-33-17-5-18-34-73)74-35-19-6-20-36-74)68-47-43-64(44-48-68)66-51-55-78(56-52-66)88(71-29-13-3-14-30-71)72-31-15-4-16-32-72/h1-3,5-15,17-62H,4,16H2. The first-order chi connectivity index (χ1) is 44.7. The normalized spacial score (nSPS) is 11.9. The fourth-order valence-electron chi connectivity index (χ4n) is 13.0. The van der Waals surface area contributed by atoms with E-state index in [1.807, 2.05) is 0 Å². The second-order valence-electron chi connectivity index (χ2n) is 22.8. The summed E-state index contributed by atoms with van der Waals surface area (Å²) >= 11 is 0. The maximum absolute atomic E-state index is 2.42. The third kappa shape index (κ3) is 11.0. The topological polar surface area (TPSA) is 13.0 Å². The molecule has 0 saturated carbocycles. The molecule has 4 nitrogen and oxygen atoms in total. The Morgan fingerprint density at radius 2 is 0.433 bits per heavy atom. The molecule has 0 bridgehead atoms. The minimum atomic E-state index is 1.03. The van der Waals surface area contributed by atoms with E-state index in [4.69, 9.17) is 0 Å². The number of rotatable bonds is 16. The Balaban J connectivity index is 0.903. The van der Waals surface area contributed by atoms with Gasteiger partial charge >= 0.3 is 0 Å². The highest BCUT2D eigenvalue weighted by atomic mass is 15.2. The molecule has 0 unspecified atom stereocenters. The predicted molar refractivity (Wildman–Crippen MR) is 382 cm³/mol. The van der Waals surface area contributed by atoms with Crippen LogP contribution >= 0.6 is 0 Å². The second kappa shape index (κ2) is 24.9. The maximum atomic E-state index is 2.42. The molecule has 15 rings (SSSR count). The van der Waals surface area contributed by atoms with Crippen molar-refractivity contribution in [2.75, 3.05) is 19.6 Å². The van der Waals surface area contributed by atoms with Crippen LogP contribution in [-0.2, 0) is 0 Å². The highest BCUT2D eigenvalue weighted by molar-refractivity contribution is 6.23. The van der Waals surface area contributed by atoms with Gasteiger partial charge in [0, 0.05) is 68.3 Å². The number of anilines is 11. The lowest BCUT2D eigenvalue weighted by molar-refractivity contribution is 0.997. The number of hydrogen-bond acceptors (Lipinski definition) is 4. The van der Waals surface area contributed by atoms with Crippen molar-refractivity contribution in [3.8, 4) is 44.5 Å². The number of hydrogen-bond donors (Lipinski definition) is 0. The Labute approximate surface area is 527 Å². The smallest absolute Gasteiger partial charge is 0.0468 e. The van der Waals surface area contributed by atoms with Crippen molar-refractivity contribution in [3.05, 3.63) is 370 Å². The van der Waals surface area contributed by atoms with Crippen molar-refractivity contribution >= 4 is 84.1 Å². The molecule has 1 aliphatic carbocycles. The van der Waals surface area contributed by atoms with E-state index < -0.39 is 0 Å². The van der Waals surface area contributed by atoms with Gasteiger partial charge in [-0.2, -0.15) is 0 Å². The molecule has 0 saturated heterocycles.